The molecular formula is C6H10N2O. The molecule has 1 heterocycles. The van der Waals surface area contributed by atoms with Crippen molar-refractivity contribution in [2.45, 2.75) is 19.4 Å². The van der Waals surface area contributed by atoms with Gasteiger partial charge in [-0.1, -0.05) is 0 Å². The van der Waals surface area contributed by atoms with E-state index in [1.54, 1.807) is 0 Å². The van der Waals surface area contributed by atoms with Crippen LogP contribution in [0.15, 0.2) is 18.5 Å². The van der Waals surface area contributed by atoms with Crippen LogP contribution in [0.2, 0.25) is 0 Å². The van der Waals surface area contributed by atoms with E-state index in [4.69, 9.17) is 8.22 Å². The maximum atomic E-state index is 9.82. The van der Waals surface area contributed by atoms with Gasteiger partial charge in [-0.25, -0.2) is 4.68 Å². The first-order valence-corrected chi connectivity index (χ1v) is 2.33. The van der Waals surface area contributed by atoms with Gasteiger partial charge in [0.2, 0.25) is 0 Å². The second-order valence-corrected chi connectivity index (χ2v) is 1.62. The van der Waals surface area contributed by atoms with Crippen LogP contribution in [0.25, 0.3) is 0 Å². The number of aliphatic hydroxyl groups is 1. The zero-order chi connectivity index (χ0) is 11.9. The van der Waals surface area contributed by atoms with E-state index in [2.05, 4.69) is 5.10 Å². The van der Waals surface area contributed by atoms with Gasteiger partial charge in [-0.2, -0.15) is 5.10 Å². The highest BCUT2D eigenvalue weighted by Gasteiger charge is 2.13. The molecule has 0 fully saturated rings. The van der Waals surface area contributed by atoms with E-state index in [0.717, 1.165) is 6.20 Å². The van der Waals surface area contributed by atoms with Gasteiger partial charge in [-0.15, -0.1) is 0 Å². The molecule has 0 radical (unpaired) electrons. The zero-order valence-corrected chi connectivity index (χ0v) is 4.57. The Balaban J connectivity index is 3.33. The molecule has 0 unspecified atom stereocenters. The molecule has 3 nitrogen and oxygen atoms in total. The number of nitrogens with zero attached hydrogens (tertiary/aromatic N) is 2. The summed E-state index contributed by atoms with van der Waals surface area (Å²) in [6.45, 7) is -6.19. The van der Waals surface area contributed by atoms with Crippen molar-refractivity contribution in [3.63, 3.8) is 0 Å². The molecule has 0 aliphatic rings. The molecule has 3 heteroatoms. The van der Waals surface area contributed by atoms with Gasteiger partial charge in [0.15, 0.2) is 5.72 Å². The quantitative estimate of drug-likeness (QED) is 0.606. The van der Waals surface area contributed by atoms with Crippen molar-refractivity contribution >= 4 is 0 Å². The third-order valence-corrected chi connectivity index (χ3v) is 0.836. The average molecular weight is 132 g/mol. The van der Waals surface area contributed by atoms with Crippen LogP contribution in [0.3, 0.4) is 0 Å². The first-order chi connectivity index (χ1) is 6.61. The first-order valence-electron chi connectivity index (χ1n) is 5.33. The zero-order valence-electron chi connectivity index (χ0n) is 10.6. The van der Waals surface area contributed by atoms with E-state index < -0.39 is 19.4 Å². The fourth-order valence-electron chi connectivity index (χ4n) is 0.460. The van der Waals surface area contributed by atoms with Crippen LogP contribution in [0.1, 0.15) is 21.9 Å². The van der Waals surface area contributed by atoms with Gasteiger partial charge in [0.25, 0.3) is 0 Å². The lowest BCUT2D eigenvalue weighted by molar-refractivity contribution is -0.0103. The highest BCUT2D eigenvalue weighted by Crippen LogP contribution is 2.06. The Morgan fingerprint density at radius 3 is 3.00 bits per heavy atom. The first kappa shape index (κ1) is 2.09. The summed E-state index contributed by atoms with van der Waals surface area (Å²) in [5.74, 6) is 0. The third-order valence-electron chi connectivity index (χ3n) is 0.836. The van der Waals surface area contributed by atoms with E-state index in [1.165, 1.54) is 12.3 Å². The number of rotatable bonds is 1. The molecular weight excluding hydrogens is 116 g/mol. The molecule has 1 rings (SSSR count). The lowest BCUT2D eigenvalue weighted by Gasteiger charge is -2.16. The molecule has 0 amide bonds. The minimum absolute atomic E-state index is 0.535. The Morgan fingerprint density at radius 2 is 2.56 bits per heavy atom. The molecule has 1 aromatic heterocycles. The standard InChI is InChI=1S/C6H10N2O/c1-6(2,9)8-5-3-4-7-8/h3-5,9H,1-2H3/i1D3,2D3. The molecule has 0 spiro atoms. The van der Waals surface area contributed by atoms with Crippen molar-refractivity contribution in [2.24, 2.45) is 0 Å². The number of hydrogen-bond donors (Lipinski definition) is 1. The summed E-state index contributed by atoms with van der Waals surface area (Å²) in [6, 6.07) is 1.34. The van der Waals surface area contributed by atoms with Crippen molar-refractivity contribution < 1.29 is 13.3 Å². The predicted molar refractivity (Wildman–Crippen MR) is 33.8 cm³/mol. The Bertz CT molecular complexity index is 312. The van der Waals surface area contributed by atoms with Crippen LogP contribution < -0.4 is 0 Å². The SMILES string of the molecule is [2H]C([2H])([2H])C(O)(n1cccn1)C([2H])([2H])[2H]. The normalized spacial score (nSPS) is 24.6. The van der Waals surface area contributed by atoms with Crippen LogP contribution in [-0.4, -0.2) is 14.9 Å². The molecule has 0 atom stereocenters. The molecule has 0 aliphatic carbocycles. The van der Waals surface area contributed by atoms with Crippen LogP contribution >= 0.6 is 0 Å². The molecule has 0 saturated carbocycles. The Labute approximate surface area is 62.4 Å². The molecule has 1 N–H and O–H groups in total. The van der Waals surface area contributed by atoms with Crippen LogP contribution in [0.5, 0.6) is 0 Å². The summed E-state index contributed by atoms with van der Waals surface area (Å²) >= 11 is 0. The summed E-state index contributed by atoms with van der Waals surface area (Å²) in [6.07, 6.45) is 2.29. The lowest BCUT2D eigenvalue weighted by atomic mass is 10.3. The van der Waals surface area contributed by atoms with Gasteiger partial charge < -0.3 is 5.11 Å². The second-order valence-electron chi connectivity index (χ2n) is 1.62. The molecule has 9 heavy (non-hydrogen) atoms. The largest absolute Gasteiger partial charge is 0.370 e. The van der Waals surface area contributed by atoms with Crippen molar-refractivity contribution in [3.05, 3.63) is 18.5 Å². The van der Waals surface area contributed by atoms with Gasteiger partial charge in [-0.05, 0) is 19.8 Å². The summed E-state index contributed by atoms with van der Waals surface area (Å²) in [4.78, 5) is 0. The summed E-state index contributed by atoms with van der Waals surface area (Å²) in [5.41, 5.74) is -3.00. The Kier molecular flexibility index (Phi) is 0.428. The predicted octanol–water partition coefficient (Wildman–Crippen LogP) is 0.568. The smallest absolute Gasteiger partial charge is 0.152 e. The minimum atomic E-state index is -3.09. The molecule has 1 aromatic rings. The van der Waals surface area contributed by atoms with Gasteiger partial charge in [0.1, 0.15) is 0 Å². The summed E-state index contributed by atoms with van der Waals surface area (Å²) in [7, 11) is 0. The maximum Gasteiger partial charge on any atom is 0.152 e. The van der Waals surface area contributed by atoms with Crippen LogP contribution in [0.4, 0.5) is 0 Å². The second kappa shape index (κ2) is 1.84. The number of hydrogen-bond acceptors (Lipinski definition) is 2. The van der Waals surface area contributed by atoms with Crippen molar-refractivity contribution in [3.8, 4) is 0 Å². The molecule has 0 aliphatic heterocycles. The minimum Gasteiger partial charge on any atom is -0.370 e. The van der Waals surface area contributed by atoms with Gasteiger partial charge >= 0.3 is 0 Å². The highest BCUT2D eigenvalue weighted by atomic mass is 16.3. The lowest BCUT2D eigenvalue weighted by Crippen LogP contribution is -2.25. The van der Waals surface area contributed by atoms with Gasteiger partial charge in [-0.3, -0.25) is 0 Å². The highest BCUT2D eigenvalue weighted by molar-refractivity contribution is 4.81. The van der Waals surface area contributed by atoms with Crippen molar-refractivity contribution in [1.82, 2.24) is 9.78 Å². The fourth-order valence-corrected chi connectivity index (χ4v) is 0.460. The molecule has 50 valence electrons. The molecule has 0 aromatic carbocycles. The molecule has 0 bridgehead atoms. The monoisotopic (exact) mass is 132 g/mol. The van der Waals surface area contributed by atoms with E-state index >= 15 is 0 Å². The maximum absolute atomic E-state index is 9.82. The van der Waals surface area contributed by atoms with E-state index in [1.807, 2.05) is 0 Å². The van der Waals surface area contributed by atoms with Gasteiger partial charge in [0, 0.05) is 20.6 Å². The van der Waals surface area contributed by atoms with E-state index in [-0.39, 0.29) is 0 Å². The molecule has 0 saturated heterocycles. The average Bonchev–Trinajstić information content (AvgIpc) is 2.49. The van der Waals surface area contributed by atoms with E-state index in [0.29, 0.717) is 4.68 Å². The van der Waals surface area contributed by atoms with Crippen molar-refractivity contribution in [2.75, 3.05) is 0 Å². The summed E-state index contributed by atoms with van der Waals surface area (Å²) < 4.78 is 43.0. The number of aromatic nitrogens is 2. The van der Waals surface area contributed by atoms with Gasteiger partial charge in [0.05, 0.1) is 0 Å². The Hall–Kier alpha value is -0.830. The Morgan fingerprint density at radius 1 is 1.78 bits per heavy atom. The fraction of sp³-hybridized carbons (Fsp3) is 0.500. The van der Waals surface area contributed by atoms with E-state index in [9.17, 15) is 5.11 Å². The topological polar surface area (TPSA) is 38.0 Å². The van der Waals surface area contributed by atoms with Crippen LogP contribution in [0, 0.1) is 0 Å². The van der Waals surface area contributed by atoms with Crippen LogP contribution in [-0.2, 0) is 5.72 Å². The van der Waals surface area contributed by atoms with Crippen molar-refractivity contribution in [1.29, 1.82) is 0 Å². The summed E-state index contributed by atoms with van der Waals surface area (Å²) in [5, 5.41) is 13.3. The third kappa shape index (κ3) is 1.29.